The van der Waals surface area contributed by atoms with Gasteiger partial charge >= 0.3 is 0 Å². The van der Waals surface area contributed by atoms with Gasteiger partial charge in [-0.2, -0.15) is 0 Å². The second-order valence-corrected chi connectivity index (χ2v) is 4.07. The highest BCUT2D eigenvalue weighted by molar-refractivity contribution is 5.92. The third-order valence-corrected chi connectivity index (χ3v) is 2.51. The lowest BCUT2D eigenvalue weighted by Gasteiger charge is -2.19. The average Bonchev–Trinajstić information content (AvgIpc) is 2.29. The molecule has 1 aromatic rings. The van der Waals surface area contributed by atoms with Gasteiger partial charge < -0.3 is 9.80 Å². The van der Waals surface area contributed by atoms with Gasteiger partial charge in [-0.25, -0.2) is 9.97 Å². The van der Waals surface area contributed by atoms with Gasteiger partial charge in [-0.3, -0.25) is 4.79 Å². The molecule has 5 nitrogen and oxygen atoms in total. The molecular weight excluding hydrogens is 216 g/mol. The van der Waals surface area contributed by atoms with E-state index in [4.69, 9.17) is 0 Å². The third-order valence-electron chi connectivity index (χ3n) is 2.51. The molecule has 0 unspecified atom stereocenters. The second kappa shape index (κ2) is 5.61. The molecule has 0 saturated heterocycles. The van der Waals surface area contributed by atoms with Crippen LogP contribution in [0.1, 0.15) is 30.0 Å². The number of hydrogen-bond acceptors (Lipinski definition) is 4. The number of carbonyl (C=O) groups is 1. The van der Waals surface area contributed by atoms with E-state index in [1.165, 1.54) is 0 Å². The minimum atomic E-state index is -0.0383. The van der Waals surface area contributed by atoms with E-state index in [0.29, 0.717) is 24.7 Å². The van der Waals surface area contributed by atoms with Crippen molar-refractivity contribution >= 4 is 11.9 Å². The lowest BCUT2D eigenvalue weighted by atomic mass is 10.3. The summed E-state index contributed by atoms with van der Waals surface area (Å²) in [7, 11) is 3.72. The number of carbonyl (C=O) groups excluding carboxylic acids is 1. The Bertz CT molecular complexity index is 399. The first-order chi connectivity index (χ1) is 7.99. The number of rotatable bonds is 4. The van der Waals surface area contributed by atoms with Crippen molar-refractivity contribution in [3.63, 3.8) is 0 Å². The summed E-state index contributed by atoms with van der Waals surface area (Å²) in [4.78, 5) is 24.2. The van der Waals surface area contributed by atoms with Crippen molar-refractivity contribution in [3.8, 4) is 0 Å². The summed E-state index contributed by atoms with van der Waals surface area (Å²) in [6, 6.07) is 1.73. The highest BCUT2D eigenvalue weighted by Crippen LogP contribution is 2.09. The minimum Gasteiger partial charge on any atom is -0.347 e. The van der Waals surface area contributed by atoms with Crippen LogP contribution in [0.3, 0.4) is 0 Å². The maximum absolute atomic E-state index is 12.2. The predicted molar refractivity (Wildman–Crippen MR) is 68.3 cm³/mol. The van der Waals surface area contributed by atoms with Gasteiger partial charge in [0.1, 0.15) is 5.69 Å². The van der Waals surface area contributed by atoms with Crippen molar-refractivity contribution in [2.45, 2.75) is 20.8 Å². The zero-order valence-corrected chi connectivity index (χ0v) is 11.2. The molecule has 0 fully saturated rings. The number of hydrogen-bond donors (Lipinski definition) is 0. The Kier molecular flexibility index (Phi) is 4.43. The van der Waals surface area contributed by atoms with Gasteiger partial charge in [0, 0.05) is 32.9 Å². The lowest BCUT2D eigenvalue weighted by molar-refractivity contribution is 0.0767. The van der Waals surface area contributed by atoms with Crippen molar-refractivity contribution in [2.24, 2.45) is 0 Å². The van der Waals surface area contributed by atoms with E-state index in [-0.39, 0.29) is 5.91 Å². The normalized spacial score (nSPS) is 10.2. The summed E-state index contributed by atoms with van der Waals surface area (Å²) in [5.74, 6) is 0.532. The number of aryl methyl sites for hydroxylation is 1. The molecular formula is C12H20N4O. The van der Waals surface area contributed by atoms with Crippen LogP contribution >= 0.6 is 0 Å². The Balaban J connectivity index is 3.09. The fourth-order valence-corrected chi connectivity index (χ4v) is 1.54. The van der Waals surface area contributed by atoms with Gasteiger partial charge in [-0.1, -0.05) is 0 Å². The quantitative estimate of drug-likeness (QED) is 0.791. The van der Waals surface area contributed by atoms with Crippen molar-refractivity contribution in [1.29, 1.82) is 0 Å². The molecule has 0 aromatic carbocycles. The fourth-order valence-electron chi connectivity index (χ4n) is 1.54. The van der Waals surface area contributed by atoms with E-state index in [2.05, 4.69) is 9.97 Å². The topological polar surface area (TPSA) is 49.3 Å². The highest BCUT2D eigenvalue weighted by Gasteiger charge is 2.16. The maximum Gasteiger partial charge on any atom is 0.272 e. The molecule has 1 amide bonds. The Morgan fingerprint density at radius 3 is 2.29 bits per heavy atom. The first-order valence-electron chi connectivity index (χ1n) is 5.81. The van der Waals surface area contributed by atoms with Crippen LogP contribution in [-0.4, -0.2) is 48.0 Å². The smallest absolute Gasteiger partial charge is 0.272 e. The Morgan fingerprint density at radius 1 is 1.24 bits per heavy atom. The predicted octanol–water partition coefficient (Wildman–Crippen LogP) is 1.33. The Labute approximate surface area is 102 Å². The number of anilines is 1. The largest absolute Gasteiger partial charge is 0.347 e. The summed E-state index contributed by atoms with van der Waals surface area (Å²) in [5.41, 5.74) is 1.27. The van der Waals surface area contributed by atoms with E-state index >= 15 is 0 Å². The van der Waals surface area contributed by atoms with Crippen LogP contribution in [0.15, 0.2) is 6.07 Å². The molecule has 0 aliphatic heterocycles. The van der Waals surface area contributed by atoms with Gasteiger partial charge in [0.15, 0.2) is 0 Å². The van der Waals surface area contributed by atoms with E-state index in [0.717, 1.165) is 5.69 Å². The molecule has 0 saturated carbocycles. The molecule has 1 rings (SSSR count). The molecule has 0 spiro atoms. The van der Waals surface area contributed by atoms with E-state index < -0.39 is 0 Å². The van der Waals surface area contributed by atoms with E-state index in [1.54, 1.807) is 15.9 Å². The van der Waals surface area contributed by atoms with Crippen LogP contribution in [0.25, 0.3) is 0 Å². The first-order valence-corrected chi connectivity index (χ1v) is 5.81. The fraction of sp³-hybridized carbons (Fsp3) is 0.583. The maximum atomic E-state index is 12.2. The molecule has 1 heterocycles. The summed E-state index contributed by atoms with van der Waals surface area (Å²) in [5, 5.41) is 0. The molecule has 17 heavy (non-hydrogen) atoms. The molecule has 0 aliphatic carbocycles. The van der Waals surface area contributed by atoms with Crippen LogP contribution in [0.4, 0.5) is 5.95 Å². The van der Waals surface area contributed by atoms with E-state index in [9.17, 15) is 4.79 Å². The van der Waals surface area contributed by atoms with Crippen LogP contribution in [0.2, 0.25) is 0 Å². The monoisotopic (exact) mass is 236 g/mol. The number of aromatic nitrogens is 2. The van der Waals surface area contributed by atoms with E-state index in [1.807, 2.05) is 34.9 Å². The molecule has 0 aliphatic rings. The van der Waals surface area contributed by atoms with Crippen molar-refractivity contribution < 1.29 is 4.79 Å². The Morgan fingerprint density at radius 2 is 1.82 bits per heavy atom. The van der Waals surface area contributed by atoms with Gasteiger partial charge in [0.05, 0.1) is 0 Å². The van der Waals surface area contributed by atoms with Gasteiger partial charge in [-0.15, -0.1) is 0 Å². The summed E-state index contributed by atoms with van der Waals surface area (Å²) >= 11 is 0. The number of amides is 1. The number of nitrogens with zero attached hydrogens (tertiary/aromatic N) is 4. The molecule has 5 heteroatoms. The molecule has 0 radical (unpaired) electrons. The van der Waals surface area contributed by atoms with Crippen LogP contribution in [-0.2, 0) is 0 Å². The third kappa shape index (κ3) is 3.15. The van der Waals surface area contributed by atoms with Crippen LogP contribution in [0.5, 0.6) is 0 Å². The van der Waals surface area contributed by atoms with Crippen molar-refractivity contribution in [2.75, 3.05) is 32.1 Å². The van der Waals surface area contributed by atoms with Crippen LogP contribution < -0.4 is 4.90 Å². The van der Waals surface area contributed by atoms with Gasteiger partial charge in [-0.05, 0) is 26.8 Å². The highest BCUT2D eigenvalue weighted by atomic mass is 16.2. The summed E-state index contributed by atoms with van der Waals surface area (Å²) in [6.07, 6.45) is 0. The molecule has 94 valence electrons. The van der Waals surface area contributed by atoms with Crippen molar-refractivity contribution in [3.05, 3.63) is 17.5 Å². The second-order valence-electron chi connectivity index (χ2n) is 4.07. The van der Waals surface area contributed by atoms with Crippen molar-refractivity contribution in [1.82, 2.24) is 14.9 Å². The molecule has 0 bridgehead atoms. The summed E-state index contributed by atoms with van der Waals surface area (Å²) < 4.78 is 0. The van der Waals surface area contributed by atoms with Gasteiger partial charge in [0.2, 0.25) is 5.95 Å². The van der Waals surface area contributed by atoms with Gasteiger partial charge in [0.25, 0.3) is 5.91 Å². The Hall–Kier alpha value is -1.65. The zero-order chi connectivity index (χ0) is 13.0. The molecule has 0 N–H and O–H groups in total. The van der Waals surface area contributed by atoms with Crippen LogP contribution in [0, 0.1) is 6.92 Å². The zero-order valence-electron chi connectivity index (χ0n) is 11.2. The summed E-state index contributed by atoms with van der Waals surface area (Å²) in [6.45, 7) is 7.17. The lowest BCUT2D eigenvalue weighted by Crippen LogP contribution is -2.31. The standard InChI is InChI=1S/C12H20N4O/c1-6-16(7-2)11(17)10-8-9(3)13-12(14-10)15(4)5/h8H,6-7H2,1-5H3. The molecule has 0 atom stereocenters. The minimum absolute atomic E-state index is 0.0383. The SMILES string of the molecule is CCN(CC)C(=O)c1cc(C)nc(N(C)C)n1. The molecule has 1 aromatic heterocycles. The first kappa shape index (κ1) is 13.4. The average molecular weight is 236 g/mol.